The minimum atomic E-state index is 0.0936. The van der Waals surface area contributed by atoms with Crippen LogP contribution < -0.4 is 5.32 Å². The van der Waals surface area contributed by atoms with E-state index in [2.05, 4.69) is 59.0 Å². The lowest BCUT2D eigenvalue weighted by Gasteiger charge is -2.10. The van der Waals surface area contributed by atoms with Crippen molar-refractivity contribution in [2.24, 2.45) is 0 Å². The van der Waals surface area contributed by atoms with Gasteiger partial charge in [-0.2, -0.15) is 0 Å². The molecule has 0 atom stereocenters. The molecular formula is C23H27N3O. The molecule has 0 unspecified atom stereocenters. The normalized spacial score (nSPS) is 10.7. The minimum absolute atomic E-state index is 0.0936. The molecule has 0 saturated heterocycles. The summed E-state index contributed by atoms with van der Waals surface area (Å²) in [7, 11) is 0. The second-order valence-electron chi connectivity index (χ2n) is 6.99. The highest BCUT2D eigenvalue weighted by molar-refractivity contribution is 5.76. The van der Waals surface area contributed by atoms with Gasteiger partial charge in [-0.05, 0) is 37.0 Å². The lowest BCUT2D eigenvalue weighted by molar-refractivity contribution is -0.121. The number of carbonyl (C=O) groups is 1. The number of aryl methyl sites for hydroxylation is 3. The molecule has 1 heterocycles. The van der Waals surface area contributed by atoms with Crippen LogP contribution in [0, 0.1) is 13.8 Å². The second kappa shape index (κ2) is 9.17. The molecule has 0 saturated carbocycles. The van der Waals surface area contributed by atoms with E-state index in [1.165, 1.54) is 22.3 Å². The number of benzene rings is 2. The number of hydrogen-bond acceptors (Lipinski definition) is 2. The standard InChI is InChI=1S/C23H27N3O/c1-18-8-9-21(19(2)16-18)10-11-23(27)25-13-12-22-24-14-15-26(22)17-20-6-4-3-5-7-20/h3-9,14-16H,10-13,17H2,1-2H3,(H,25,27). The van der Waals surface area contributed by atoms with Gasteiger partial charge >= 0.3 is 0 Å². The Balaban J connectivity index is 1.44. The van der Waals surface area contributed by atoms with Crippen LogP contribution in [0.3, 0.4) is 0 Å². The Morgan fingerprint density at radius 1 is 1.07 bits per heavy atom. The monoisotopic (exact) mass is 361 g/mol. The summed E-state index contributed by atoms with van der Waals surface area (Å²) in [5.41, 5.74) is 5.00. The maximum absolute atomic E-state index is 12.2. The molecule has 0 fully saturated rings. The van der Waals surface area contributed by atoms with E-state index >= 15 is 0 Å². The lowest BCUT2D eigenvalue weighted by atomic mass is 10.0. The first-order chi connectivity index (χ1) is 13.1. The SMILES string of the molecule is Cc1ccc(CCC(=O)NCCc2nccn2Cc2ccccc2)c(C)c1. The summed E-state index contributed by atoms with van der Waals surface area (Å²) in [5.74, 6) is 1.09. The molecule has 3 rings (SSSR count). The van der Waals surface area contributed by atoms with Gasteiger partial charge in [-0.3, -0.25) is 4.79 Å². The molecule has 1 aromatic heterocycles. The summed E-state index contributed by atoms with van der Waals surface area (Å²) in [6.45, 7) is 5.60. The quantitative estimate of drug-likeness (QED) is 0.663. The highest BCUT2D eigenvalue weighted by Gasteiger charge is 2.07. The third kappa shape index (κ3) is 5.55. The molecule has 1 N–H and O–H groups in total. The maximum Gasteiger partial charge on any atom is 0.220 e. The van der Waals surface area contributed by atoms with Crippen molar-refractivity contribution in [2.75, 3.05) is 6.54 Å². The fourth-order valence-electron chi connectivity index (χ4n) is 3.27. The molecule has 4 nitrogen and oxygen atoms in total. The number of rotatable bonds is 8. The summed E-state index contributed by atoms with van der Waals surface area (Å²) in [6, 6.07) is 16.7. The summed E-state index contributed by atoms with van der Waals surface area (Å²) >= 11 is 0. The van der Waals surface area contributed by atoms with E-state index in [1.807, 2.05) is 30.6 Å². The van der Waals surface area contributed by atoms with Crippen LogP contribution in [-0.2, 0) is 24.2 Å². The van der Waals surface area contributed by atoms with Crippen LogP contribution in [0.15, 0.2) is 60.9 Å². The number of aromatic nitrogens is 2. The zero-order valence-electron chi connectivity index (χ0n) is 16.1. The van der Waals surface area contributed by atoms with E-state index in [0.717, 1.165) is 25.2 Å². The van der Waals surface area contributed by atoms with Crippen molar-refractivity contribution in [2.45, 2.75) is 39.7 Å². The van der Waals surface area contributed by atoms with Crippen molar-refractivity contribution in [1.29, 1.82) is 0 Å². The van der Waals surface area contributed by atoms with Gasteiger partial charge in [0.05, 0.1) is 0 Å². The Morgan fingerprint density at radius 2 is 1.89 bits per heavy atom. The number of carbonyl (C=O) groups excluding carboxylic acids is 1. The molecule has 1 amide bonds. The van der Waals surface area contributed by atoms with E-state index < -0.39 is 0 Å². The van der Waals surface area contributed by atoms with Crippen molar-refractivity contribution in [1.82, 2.24) is 14.9 Å². The van der Waals surface area contributed by atoms with E-state index in [1.54, 1.807) is 0 Å². The Bertz CT molecular complexity index is 884. The first-order valence-corrected chi connectivity index (χ1v) is 9.48. The summed E-state index contributed by atoms with van der Waals surface area (Å²) in [5, 5.41) is 3.02. The first-order valence-electron chi connectivity index (χ1n) is 9.48. The third-order valence-electron chi connectivity index (χ3n) is 4.79. The van der Waals surface area contributed by atoms with Gasteiger partial charge in [-0.1, -0.05) is 54.1 Å². The van der Waals surface area contributed by atoms with E-state index in [0.29, 0.717) is 13.0 Å². The van der Waals surface area contributed by atoms with Crippen molar-refractivity contribution in [3.05, 3.63) is 89.0 Å². The molecule has 2 aromatic carbocycles. The molecule has 0 spiro atoms. The molecule has 27 heavy (non-hydrogen) atoms. The smallest absolute Gasteiger partial charge is 0.220 e. The second-order valence-corrected chi connectivity index (χ2v) is 6.99. The molecular weight excluding hydrogens is 334 g/mol. The van der Waals surface area contributed by atoms with Crippen molar-refractivity contribution < 1.29 is 4.79 Å². The van der Waals surface area contributed by atoms with Crippen LogP contribution in [0.4, 0.5) is 0 Å². The van der Waals surface area contributed by atoms with E-state index in [4.69, 9.17) is 0 Å². The molecule has 0 aliphatic carbocycles. The summed E-state index contributed by atoms with van der Waals surface area (Å²) in [6.07, 6.45) is 5.84. The van der Waals surface area contributed by atoms with Crippen LogP contribution in [-0.4, -0.2) is 22.0 Å². The molecule has 0 aliphatic heterocycles. The molecule has 4 heteroatoms. The van der Waals surface area contributed by atoms with Gasteiger partial charge in [0.15, 0.2) is 0 Å². The summed E-state index contributed by atoms with van der Waals surface area (Å²) in [4.78, 5) is 16.6. The Hall–Kier alpha value is -2.88. The molecule has 3 aromatic rings. The van der Waals surface area contributed by atoms with Crippen molar-refractivity contribution in [3.63, 3.8) is 0 Å². The van der Waals surface area contributed by atoms with Gasteiger partial charge in [-0.15, -0.1) is 0 Å². The predicted octanol–water partition coefficient (Wildman–Crippen LogP) is 3.84. The molecule has 0 aliphatic rings. The zero-order valence-corrected chi connectivity index (χ0v) is 16.1. The maximum atomic E-state index is 12.2. The van der Waals surface area contributed by atoms with Crippen molar-refractivity contribution in [3.8, 4) is 0 Å². The number of imidazole rings is 1. The highest BCUT2D eigenvalue weighted by atomic mass is 16.1. The Kier molecular flexibility index (Phi) is 6.42. The van der Waals surface area contributed by atoms with Gasteiger partial charge < -0.3 is 9.88 Å². The topological polar surface area (TPSA) is 46.9 Å². The van der Waals surface area contributed by atoms with Gasteiger partial charge in [0.25, 0.3) is 0 Å². The number of nitrogens with zero attached hydrogens (tertiary/aromatic N) is 2. The van der Waals surface area contributed by atoms with E-state index in [9.17, 15) is 4.79 Å². The molecule has 0 radical (unpaired) electrons. The Labute approximate surface area is 161 Å². The average molecular weight is 361 g/mol. The van der Waals surface area contributed by atoms with Gasteiger partial charge in [-0.25, -0.2) is 4.98 Å². The van der Waals surface area contributed by atoms with Crippen LogP contribution in [0.25, 0.3) is 0 Å². The lowest BCUT2D eigenvalue weighted by Crippen LogP contribution is -2.26. The molecule has 140 valence electrons. The summed E-state index contributed by atoms with van der Waals surface area (Å²) < 4.78 is 2.14. The average Bonchev–Trinajstić information content (AvgIpc) is 3.09. The Morgan fingerprint density at radius 3 is 2.67 bits per heavy atom. The fourth-order valence-corrected chi connectivity index (χ4v) is 3.27. The number of hydrogen-bond donors (Lipinski definition) is 1. The number of amides is 1. The van der Waals surface area contributed by atoms with Crippen LogP contribution in [0.2, 0.25) is 0 Å². The largest absolute Gasteiger partial charge is 0.356 e. The van der Waals surface area contributed by atoms with Crippen molar-refractivity contribution >= 4 is 5.91 Å². The van der Waals surface area contributed by atoms with Crippen LogP contribution in [0.1, 0.15) is 34.5 Å². The van der Waals surface area contributed by atoms with Crippen LogP contribution >= 0.6 is 0 Å². The predicted molar refractivity (Wildman–Crippen MR) is 109 cm³/mol. The highest BCUT2D eigenvalue weighted by Crippen LogP contribution is 2.12. The molecule has 0 bridgehead atoms. The minimum Gasteiger partial charge on any atom is -0.356 e. The van der Waals surface area contributed by atoms with E-state index in [-0.39, 0.29) is 5.91 Å². The van der Waals surface area contributed by atoms with Gasteiger partial charge in [0.1, 0.15) is 5.82 Å². The number of nitrogens with one attached hydrogen (secondary N) is 1. The third-order valence-corrected chi connectivity index (χ3v) is 4.79. The van der Waals surface area contributed by atoms with Gasteiger partial charge in [0.2, 0.25) is 5.91 Å². The fraction of sp³-hybridized carbons (Fsp3) is 0.304. The van der Waals surface area contributed by atoms with Crippen LogP contribution in [0.5, 0.6) is 0 Å². The zero-order chi connectivity index (χ0) is 19.1. The first kappa shape index (κ1) is 18.9. The van der Waals surface area contributed by atoms with Gasteiger partial charge in [0, 0.05) is 38.3 Å².